The van der Waals surface area contributed by atoms with Crippen LogP contribution in [0.1, 0.15) is 33.1 Å². The van der Waals surface area contributed by atoms with Crippen LogP contribution in [0.25, 0.3) is 0 Å². The van der Waals surface area contributed by atoms with Crippen LogP contribution in [0.2, 0.25) is 0 Å². The summed E-state index contributed by atoms with van der Waals surface area (Å²) in [6, 6.07) is 0.533. The monoisotopic (exact) mass is 210 g/mol. The van der Waals surface area contributed by atoms with Crippen molar-refractivity contribution in [1.82, 2.24) is 10.3 Å². The molecule has 0 aromatic carbocycles. The van der Waals surface area contributed by atoms with Gasteiger partial charge >= 0.3 is 0 Å². The van der Waals surface area contributed by atoms with Crippen LogP contribution in [0.4, 0.5) is 0 Å². The Bertz CT molecular complexity index is 247. The molecule has 15 heavy (non-hydrogen) atoms. The van der Waals surface area contributed by atoms with Gasteiger partial charge in [-0.1, -0.05) is 13.8 Å². The van der Waals surface area contributed by atoms with Crippen LogP contribution in [0, 0.1) is 11.8 Å². The topological polar surface area (TPSA) is 53.6 Å². The summed E-state index contributed by atoms with van der Waals surface area (Å²) in [5.74, 6) is 7.99. The molecular formula is C11H22N4. The molecule has 2 atom stereocenters. The third kappa shape index (κ3) is 2.62. The lowest BCUT2D eigenvalue weighted by Crippen LogP contribution is -2.50. The Morgan fingerprint density at radius 2 is 2.00 bits per heavy atom. The number of hydrogen-bond donors (Lipinski definition) is 2. The van der Waals surface area contributed by atoms with Crippen molar-refractivity contribution in [2.24, 2.45) is 22.7 Å². The molecule has 2 rings (SSSR count). The molecule has 0 aromatic rings. The largest absolute Gasteiger partial charge is 0.342 e. The minimum atomic E-state index is 0.533. The van der Waals surface area contributed by atoms with E-state index in [-0.39, 0.29) is 0 Å². The Hall–Kier alpha value is -0.770. The number of aliphatic imine (C=N–C) groups is 1. The fraction of sp³-hybridized carbons (Fsp3) is 0.909. The smallest absolute Gasteiger partial charge is 0.208 e. The van der Waals surface area contributed by atoms with Crippen molar-refractivity contribution in [2.45, 2.75) is 39.2 Å². The first-order valence-corrected chi connectivity index (χ1v) is 6.00. The van der Waals surface area contributed by atoms with E-state index >= 15 is 0 Å². The predicted molar refractivity (Wildman–Crippen MR) is 62.3 cm³/mol. The summed E-state index contributed by atoms with van der Waals surface area (Å²) in [5.41, 5.74) is 2.75. The van der Waals surface area contributed by atoms with Gasteiger partial charge in [-0.2, -0.15) is 0 Å². The lowest BCUT2D eigenvalue weighted by molar-refractivity contribution is 0.199. The highest BCUT2D eigenvalue weighted by atomic mass is 15.4. The molecule has 0 aromatic heterocycles. The number of hydrogen-bond acceptors (Lipinski definition) is 2. The Kier molecular flexibility index (Phi) is 3.14. The lowest BCUT2D eigenvalue weighted by atomic mass is 9.89. The van der Waals surface area contributed by atoms with Gasteiger partial charge in [-0.25, -0.2) is 10.8 Å². The van der Waals surface area contributed by atoms with Gasteiger partial charge in [-0.05, 0) is 31.1 Å². The predicted octanol–water partition coefficient (Wildman–Crippen LogP) is 0.946. The molecule has 1 saturated carbocycles. The second-order valence-electron chi connectivity index (χ2n) is 5.02. The van der Waals surface area contributed by atoms with Crippen LogP contribution in [0.3, 0.4) is 0 Å². The van der Waals surface area contributed by atoms with Gasteiger partial charge in [0.05, 0.1) is 6.04 Å². The summed E-state index contributed by atoms with van der Waals surface area (Å²) in [6.45, 7) is 6.80. The Labute approximate surface area is 91.9 Å². The highest BCUT2D eigenvalue weighted by molar-refractivity contribution is 5.79. The SMILES string of the molecule is CC1CCN(C(=NC2CC2)NN)CC1C. The van der Waals surface area contributed by atoms with Crippen LogP contribution >= 0.6 is 0 Å². The van der Waals surface area contributed by atoms with Gasteiger partial charge in [0.1, 0.15) is 0 Å². The van der Waals surface area contributed by atoms with E-state index < -0.39 is 0 Å². The zero-order valence-corrected chi connectivity index (χ0v) is 9.74. The van der Waals surface area contributed by atoms with E-state index in [1.54, 1.807) is 0 Å². The van der Waals surface area contributed by atoms with E-state index in [0.29, 0.717) is 6.04 Å². The minimum Gasteiger partial charge on any atom is -0.342 e. The normalized spacial score (nSPS) is 33.0. The highest BCUT2D eigenvalue weighted by Crippen LogP contribution is 2.26. The summed E-state index contributed by atoms with van der Waals surface area (Å²) < 4.78 is 0. The average molecular weight is 210 g/mol. The van der Waals surface area contributed by atoms with Crippen LogP contribution in [0.15, 0.2) is 4.99 Å². The Morgan fingerprint density at radius 1 is 1.27 bits per heavy atom. The summed E-state index contributed by atoms with van der Waals surface area (Å²) in [6.07, 6.45) is 3.70. The van der Waals surface area contributed by atoms with Crippen LogP contribution < -0.4 is 11.3 Å². The van der Waals surface area contributed by atoms with Crippen molar-refractivity contribution in [2.75, 3.05) is 13.1 Å². The molecule has 0 radical (unpaired) electrons. The second kappa shape index (κ2) is 4.39. The summed E-state index contributed by atoms with van der Waals surface area (Å²) in [4.78, 5) is 6.89. The van der Waals surface area contributed by atoms with Crippen molar-refractivity contribution in [3.05, 3.63) is 0 Å². The molecule has 4 heteroatoms. The van der Waals surface area contributed by atoms with Crippen LogP contribution in [0.5, 0.6) is 0 Å². The third-order valence-corrected chi connectivity index (χ3v) is 3.61. The fourth-order valence-corrected chi connectivity index (χ4v) is 2.04. The highest BCUT2D eigenvalue weighted by Gasteiger charge is 2.27. The standard InChI is InChI=1S/C11H22N4/c1-8-5-6-15(7-9(8)2)11(14-12)13-10-3-4-10/h8-10H,3-7,12H2,1-2H3,(H,13,14). The first kappa shape index (κ1) is 10.7. The molecule has 2 aliphatic rings. The molecule has 86 valence electrons. The average Bonchev–Trinajstić information content (AvgIpc) is 3.02. The first-order chi connectivity index (χ1) is 7.20. The van der Waals surface area contributed by atoms with Crippen molar-refractivity contribution < 1.29 is 0 Å². The van der Waals surface area contributed by atoms with Gasteiger partial charge in [-0.15, -0.1) is 0 Å². The van der Waals surface area contributed by atoms with Gasteiger partial charge in [0, 0.05) is 13.1 Å². The molecule has 1 aliphatic heterocycles. The van der Waals surface area contributed by atoms with Crippen molar-refractivity contribution in [3.8, 4) is 0 Å². The van der Waals surface area contributed by atoms with Crippen LogP contribution in [-0.2, 0) is 0 Å². The zero-order valence-electron chi connectivity index (χ0n) is 9.74. The molecule has 0 spiro atoms. The molecule has 1 aliphatic carbocycles. The van der Waals surface area contributed by atoms with E-state index in [2.05, 4.69) is 29.2 Å². The van der Waals surface area contributed by atoms with E-state index in [1.807, 2.05) is 0 Å². The molecule has 2 unspecified atom stereocenters. The molecular weight excluding hydrogens is 188 g/mol. The van der Waals surface area contributed by atoms with E-state index in [9.17, 15) is 0 Å². The number of nitrogens with two attached hydrogens (primary N) is 1. The summed E-state index contributed by atoms with van der Waals surface area (Å²) >= 11 is 0. The Balaban J connectivity index is 1.96. The maximum Gasteiger partial charge on any atom is 0.208 e. The third-order valence-electron chi connectivity index (χ3n) is 3.61. The number of likely N-dealkylation sites (tertiary alicyclic amines) is 1. The lowest BCUT2D eigenvalue weighted by Gasteiger charge is -2.36. The molecule has 3 N–H and O–H groups in total. The van der Waals surface area contributed by atoms with Gasteiger partial charge < -0.3 is 4.90 Å². The number of hydrazine groups is 1. The first-order valence-electron chi connectivity index (χ1n) is 6.00. The van der Waals surface area contributed by atoms with E-state index in [0.717, 1.165) is 30.9 Å². The molecule has 0 bridgehead atoms. The van der Waals surface area contributed by atoms with Gasteiger partial charge in [0.2, 0.25) is 5.96 Å². The van der Waals surface area contributed by atoms with Crippen LogP contribution in [-0.4, -0.2) is 30.0 Å². The second-order valence-corrected chi connectivity index (χ2v) is 5.02. The van der Waals surface area contributed by atoms with Gasteiger partial charge in [0.15, 0.2) is 0 Å². The molecule has 2 fully saturated rings. The quantitative estimate of drug-likeness (QED) is 0.293. The molecule has 1 heterocycles. The van der Waals surface area contributed by atoms with Crippen molar-refractivity contribution >= 4 is 5.96 Å². The molecule has 4 nitrogen and oxygen atoms in total. The number of piperidine rings is 1. The van der Waals surface area contributed by atoms with E-state index in [4.69, 9.17) is 5.84 Å². The molecule has 1 saturated heterocycles. The number of rotatable bonds is 1. The summed E-state index contributed by atoms with van der Waals surface area (Å²) in [5, 5.41) is 0. The maximum atomic E-state index is 5.54. The van der Waals surface area contributed by atoms with Crippen molar-refractivity contribution in [1.29, 1.82) is 0 Å². The number of nitrogens with one attached hydrogen (secondary N) is 1. The van der Waals surface area contributed by atoms with E-state index in [1.165, 1.54) is 19.3 Å². The molecule has 0 amide bonds. The minimum absolute atomic E-state index is 0.533. The zero-order chi connectivity index (χ0) is 10.8. The van der Waals surface area contributed by atoms with Crippen molar-refractivity contribution in [3.63, 3.8) is 0 Å². The number of nitrogens with zero attached hydrogens (tertiary/aromatic N) is 2. The fourth-order valence-electron chi connectivity index (χ4n) is 2.04. The Morgan fingerprint density at radius 3 is 2.53 bits per heavy atom. The maximum absolute atomic E-state index is 5.54. The van der Waals surface area contributed by atoms with Gasteiger partial charge in [0.25, 0.3) is 0 Å². The number of guanidine groups is 1. The van der Waals surface area contributed by atoms with Gasteiger partial charge in [-0.3, -0.25) is 5.43 Å². The summed E-state index contributed by atoms with van der Waals surface area (Å²) in [7, 11) is 0.